The third-order valence-electron chi connectivity index (χ3n) is 4.43. The van der Waals surface area contributed by atoms with Crippen molar-refractivity contribution in [2.45, 2.75) is 43.3 Å². The summed E-state index contributed by atoms with van der Waals surface area (Å²) >= 11 is -1.73. The highest BCUT2D eigenvalue weighted by molar-refractivity contribution is 8.05. The van der Waals surface area contributed by atoms with Crippen molar-refractivity contribution in [3.05, 3.63) is 54.1 Å². The van der Waals surface area contributed by atoms with Gasteiger partial charge in [-0.3, -0.25) is 4.55 Å². The molecule has 2 aromatic carbocycles. The van der Waals surface area contributed by atoms with Gasteiger partial charge in [-0.2, -0.15) is 52.3 Å². The molecule has 0 aliphatic rings. The normalized spacial score (nSPS) is 14.7. The van der Waals surface area contributed by atoms with Crippen molar-refractivity contribution in [1.82, 2.24) is 4.13 Å². The third kappa shape index (κ3) is 6.75. The first-order valence-electron chi connectivity index (χ1n) is 9.60. The van der Waals surface area contributed by atoms with Gasteiger partial charge in [0.2, 0.25) is 0 Å². The summed E-state index contributed by atoms with van der Waals surface area (Å²) in [5, 5.41) is -13.8. The molecular weight excluding hydrogens is 702 g/mol. The van der Waals surface area contributed by atoms with Crippen LogP contribution in [0.1, 0.15) is 0 Å². The number of halogens is 12. The zero-order valence-electron chi connectivity index (χ0n) is 19.0. The average molecular weight is 712 g/mol. The maximum Gasteiger partial charge on any atom is 0.434 e. The van der Waals surface area contributed by atoms with E-state index >= 15 is 0 Å². The highest BCUT2D eigenvalue weighted by Gasteiger charge is 2.82. The van der Waals surface area contributed by atoms with Crippen molar-refractivity contribution >= 4 is 41.9 Å². The number of nitrogens with one attached hydrogen (secondary N) is 1. The highest BCUT2D eigenvalue weighted by atomic mass is 32.3. The standard InChI is InChI=1S/C17H9F12NO8S4/c18-8-5-6-10(9(19)7-8)39-16(26,27)15(24,25)38-14(22,23)13(20,21)17(28,29)42(36,37)30-40(31,32)11-3-1-2-4-12(11)41(33,34)35/h1-7,30H,(H,33,34,35). The van der Waals surface area contributed by atoms with Gasteiger partial charge in [0.15, 0.2) is 0 Å². The highest BCUT2D eigenvalue weighted by Crippen LogP contribution is 2.55. The molecule has 0 saturated heterocycles. The van der Waals surface area contributed by atoms with E-state index in [0.29, 0.717) is 12.1 Å². The molecule has 0 fully saturated rings. The molecule has 2 N–H and O–H groups in total. The Morgan fingerprint density at radius 1 is 0.738 bits per heavy atom. The molecule has 0 heterocycles. The van der Waals surface area contributed by atoms with Crippen LogP contribution in [0.2, 0.25) is 0 Å². The van der Waals surface area contributed by atoms with E-state index in [1.165, 1.54) is 0 Å². The molecule has 0 saturated carbocycles. The lowest BCUT2D eigenvalue weighted by atomic mass is 10.3. The van der Waals surface area contributed by atoms with Crippen molar-refractivity contribution in [2.24, 2.45) is 0 Å². The Morgan fingerprint density at radius 2 is 1.24 bits per heavy atom. The lowest BCUT2D eigenvalue weighted by Crippen LogP contribution is -2.63. The second-order valence-corrected chi connectivity index (χ2v) is 13.6. The summed E-state index contributed by atoms with van der Waals surface area (Å²) in [6, 6.07) is 1.66. The molecular formula is C17H9F12NO8S4. The quantitative estimate of drug-likeness (QED) is 0.183. The second-order valence-electron chi connectivity index (χ2n) is 7.43. The third-order valence-corrected chi connectivity index (χ3v) is 10.1. The van der Waals surface area contributed by atoms with E-state index in [9.17, 15) is 77.9 Å². The average Bonchev–Trinajstić information content (AvgIpc) is 2.78. The molecule has 0 aromatic heterocycles. The molecule has 9 nitrogen and oxygen atoms in total. The van der Waals surface area contributed by atoms with E-state index in [-0.39, 0.29) is 34.5 Å². The van der Waals surface area contributed by atoms with Crippen LogP contribution in [0.4, 0.5) is 52.7 Å². The van der Waals surface area contributed by atoms with Gasteiger partial charge < -0.3 is 0 Å². The molecule has 42 heavy (non-hydrogen) atoms. The predicted octanol–water partition coefficient (Wildman–Crippen LogP) is 4.64. The zero-order valence-corrected chi connectivity index (χ0v) is 22.3. The molecule has 0 amide bonds. The monoisotopic (exact) mass is 711 g/mol. The molecule has 0 aliphatic heterocycles. The number of hydrogen-bond donors (Lipinski definition) is 2. The van der Waals surface area contributed by atoms with Crippen LogP contribution >= 0.6 is 11.8 Å². The summed E-state index contributed by atoms with van der Waals surface area (Å²) < 4.78 is 248. The van der Waals surface area contributed by atoms with Crippen molar-refractivity contribution < 1.29 is 87.2 Å². The molecule has 2 rings (SSSR count). The first-order valence-corrected chi connectivity index (χ1v) is 14.8. The number of ether oxygens (including phenoxy) is 1. The van der Waals surface area contributed by atoms with Gasteiger partial charge in [-0.25, -0.2) is 30.4 Å². The van der Waals surface area contributed by atoms with Gasteiger partial charge in [0.1, 0.15) is 21.4 Å². The predicted molar refractivity (Wildman–Crippen MR) is 114 cm³/mol. The fraction of sp³-hybridized carbons (Fsp3) is 0.294. The van der Waals surface area contributed by atoms with Gasteiger partial charge in [0.05, 0.1) is 0 Å². The maximum absolute atomic E-state index is 14.2. The first kappa shape index (κ1) is 35.9. The minimum atomic E-state index is -7.82. The minimum Gasteiger partial charge on any atom is -0.282 e. The fourth-order valence-electron chi connectivity index (χ4n) is 2.51. The molecule has 0 unspecified atom stereocenters. The van der Waals surface area contributed by atoms with Gasteiger partial charge >= 0.3 is 28.6 Å². The Kier molecular flexibility index (Phi) is 9.39. The van der Waals surface area contributed by atoms with E-state index in [4.69, 9.17) is 4.55 Å². The fourth-order valence-corrected chi connectivity index (χ4v) is 7.43. The molecule has 0 aliphatic carbocycles. The van der Waals surface area contributed by atoms with E-state index in [2.05, 4.69) is 0 Å². The summed E-state index contributed by atoms with van der Waals surface area (Å²) in [4.78, 5) is -5.28. The van der Waals surface area contributed by atoms with Crippen molar-refractivity contribution in [3.63, 3.8) is 0 Å². The lowest BCUT2D eigenvalue weighted by Gasteiger charge is -2.35. The van der Waals surface area contributed by atoms with Crippen molar-refractivity contribution in [2.75, 3.05) is 0 Å². The zero-order chi connectivity index (χ0) is 33.0. The number of alkyl halides is 10. The van der Waals surface area contributed by atoms with Crippen LogP contribution in [0.15, 0.2) is 57.2 Å². The van der Waals surface area contributed by atoms with Crippen LogP contribution in [0.25, 0.3) is 0 Å². The topological polar surface area (TPSA) is 144 Å². The van der Waals surface area contributed by atoms with Crippen LogP contribution < -0.4 is 4.13 Å². The van der Waals surface area contributed by atoms with Crippen LogP contribution in [-0.2, 0) is 34.9 Å². The lowest BCUT2D eigenvalue weighted by molar-refractivity contribution is -0.468. The Bertz CT molecular complexity index is 1680. The van der Waals surface area contributed by atoms with E-state index in [1.807, 2.05) is 4.74 Å². The van der Waals surface area contributed by atoms with E-state index < -0.39 is 96.9 Å². The minimum absolute atomic E-state index is 0.0546. The first-order chi connectivity index (χ1) is 18.5. The summed E-state index contributed by atoms with van der Waals surface area (Å²) in [5.74, 6) is -11.3. The molecule has 0 spiro atoms. The van der Waals surface area contributed by atoms with Crippen LogP contribution in [-0.4, -0.2) is 58.5 Å². The molecule has 238 valence electrons. The smallest absolute Gasteiger partial charge is 0.282 e. The molecule has 0 bridgehead atoms. The number of benzene rings is 2. The number of thioether (sulfide) groups is 1. The molecule has 2 aromatic rings. The number of rotatable bonds is 12. The number of hydrogen-bond acceptors (Lipinski definition) is 8. The van der Waals surface area contributed by atoms with E-state index in [0.717, 1.165) is 0 Å². The van der Waals surface area contributed by atoms with Crippen LogP contribution in [0, 0.1) is 11.6 Å². The Labute approximate surface area is 230 Å². The molecule has 25 heteroatoms. The van der Waals surface area contributed by atoms with Gasteiger partial charge in [0.25, 0.3) is 30.2 Å². The summed E-state index contributed by atoms with van der Waals surface area (Å²) in [7, 11) is -19.7. The SMILES string of the molecule is O=S(=O)(O)c1ccccc1S(=O)(=O)NS(=O)(=O)C(F)(F)C(F)(F)C(F)(F)OC(F)(F)C(F)(F)Sc1ccc(F)cc1F. The van der Waals surface area contributed by atoms with Crippen molar-refractivity contribution in [1.29, 1.82) is 0 Å². The van der Waals surface area contributed by atoms with Gasteiger partial charge in [0, 0.05) is 11.0 Å². The summed E-state index contributed by atoms with van der Waals surface area (Å²) in [5.41, 5.74) is 0. The Balaban J connectivity index is 2.47. The van der Waals surface area contributed by atoms with Gasteiger partial charge in [-0.05, 0) is 36.0 Å². The van der Waals surface area contributed by atoms with E-state index in [1.54, 1.807) is 0 Å². The Hall–Kier alpha value is -2.32. The van der Waals surface area contributed by atoms with Gasteiger partial charge in [-0.15, -0.1) is 0 Å². The summed E-state index contributed by atoms with van der Waals surface area (Å²) in [6.45, 7) is 0. The number of sulfonamides is 2. The Morgan fingerprint density at radius 3 is 1.71 bits per heavy atom. The maximum atomic E-state index is 14.2. The summed E-state index contributed by atoms with van der Waals surface area (Å²) in [6.07, 6.45) is -14.6. The van der Waals surface area contributed by atoms with Crippen molar-refractivity contribution in [3.8, 4) is 0 Å². The molecule has 0 atom stereocenters. The second kappa shape index (κ2) is 11.0. The van der Waals surface area contributed by atoms with Crippen LogP contribution in [0.3, 0.4) is 0 Å². The largest absolute Gasteiger partial charge is 0.434 e. The molecule has 0 radical (unpaired) electrons. The van der Waals surface area contributed by atoms with Crippen LogP contribution in [0.5, 0.6) is 0 Å². The van der Waals surface area contributed by atoms with Gasteiger partial charge in [-0.1, -0.05) is 16.3 Å².